The molecule has 0 aliphatic heterocycles. The summed E-state index contributed by atoms with van der Waals surface area (Å²) in [5.41, 5.74) is 7.52. The number of amides is 2. The molecule has 8 nitrogen and oxygen atoms in total. The second kappa shape index (κ2) is 11.3. The fourth-order valence-corrected chi connectivity index (χ4v) is 6.88. The van der Waals surface area contributed by atoms with Crippen molar-refractivity contribution in [1.82, 2.24) is 13.9 Å². The molecule has 212 valence electrons. The molecule has 2 aromatic rings. The number of carbonyl (C=O) groups is 2. The smallest absolute Gasteiger partial charge is 0.303 e. The van der Waals surface area contributed by atoms with Gasteiger partial charge in [-0.2, -0.15) is 12.7 Å². The first-order chi connectivity index (χ1) is 19.1. The van der Waals surface area contributed by atoms with Crippen molar-refractivity contribution in [2.45, 2.75) is 44.4 Å². The average Bonchev–Trinajstić information content (AvgIpc) is 3.15. The van der Waals surface area contributed by atoms with Crippen LogP contribution < -0.4 is 4.72 Å². The van der Waals surface area contributed by atoms with Gasteiger partial charge in [-0.25, -0.2) is 4.72 Å². The molecular formula is C31H37N3O5S. The number of likely N-dealkylation sites (N-methyl/N-ethyl adjacent to an activating group) is 1. The van der Waals surface area contributed by atoms with E-state index in [4.69, 9.17) is 0 Å². The summed E-state index contributed by atoms with van der Waals surface area (Å²) < 4.78 is 27.9. The first-order valence-corrected chi connectivity index (χ1v) is 15.4. The number of fused-ring (bicyclic) bond motifs is 5. The minimum absolute atomic E-state index is 0.0732. The second-order valence-corrected chi connectivity index (χ2v) is 13.0. The lowest BCUT2D eigenvalue weighted by atomic mass is 9.78. The Morgan fingerprint density at radius 1 is 0.975 bits per heavy atom. The predicted molar refractivity (Wildman–Crippen MR) is 156 cm³/mol. The highest BCUT2D eigenvalue weighted by atomic mass is 32.2. The summed E-state index contributed by atoms with van der Waals surface area (Å²) in [4.78, 5) is 28.1. The molecule has 2 amide bonds. The van der Waals surface area contributed by atoms with Crippen LogP contribution in [0.4, 0.5) is 0 Å². The highest BCUT2D eigenvalue weighted by molar-refractivity contribution is 7.87. The van der Waals surface area contributed by atoms with E-state index in [0.717, 1.165) is 52.2 Å². The van der Waals surface area contributed by atoms with Gasteiger partial charge in [-0.05, 0) is 76.8 Å². The van der Waals surface area contributed by atoms with E-state index in [0.29, 0.717) is 17.9 Å². The van der Waals surface area contributed by atoms with Crippen molar-refractivity contribution in [3.8, 4) is 0 Å². The highest BCUT2D eigenvalue weighted by Crippen LogP contribution is 2.56. The van der Waals surface area contributed by atoms with Crippen molar-refractivity contribution in [2.75, 3.05) is 34.3 Å². The molecule has 5 rings (SSSR count). The van der Waals surface area contributed by atoms with E-state index in [9.17, 15) is 23.1 Å². The number of rotatable bonds is 7. The fraction of sp³-hybridized carbons (Fsp3) is 0.419. The number of carbonyl (C=O) groups excluding carboxylic acids is 2. The van der Waals surface area contributed by atoms with Crippen LogP contribution in [0.1, 0.15) is 77.1 Å². The summed E-state index contributed by atoms with van der Waals surface area (Å²) in [6.07, 6.45) is 8.07. The summed E-state index contributed by atoms with van der Waals surface area (Å²) >= 11 is 0. The molecule has 1 fully saturated rings. The van der Waals surface area contributed by atoms with Crippen LogP contribution in [0.2, 0.25) is 0 Å². The minimum atomic E-state index is -3.93. The number of hydrogen-bond acceptors (Lipinski definition) is 5. The van der Waals surface area contributed by atoms with E-state index in [1.54, 1.807) is 18.0 Å². The van der Waals surface area contributed by atoms with E-state index in [-0.39, 0.29) is 30.5 Å². The largest absolute Gasteiger partial charge is 0.395 e. The first kappa shape index (κ1) is 28.3. The van der Waals surface area contributed by atoms with Crippen molar-refractivity contribution in [3.05, 3.63) is 75.9 Å². The molecule has 0 aromatic heterocycles. The second-order valence-electron chi connectivity index (χ2n) is 11.1. The molecule has 1 atom stereocenters. The monoisotopic (exact) mass is 563 g/mol. The highest BCUT2D eigenvalue weighted by Gasteiger charge is 2.39. The van der Waals surface area contributed by atoms with Crippen LogP contribution in [0.15, 0.2) is 48.0 Å². The molecule has 9 heteroatoms. The molecule has 2 aromatic carbocycles. The van der Waals surface area contributed by atoms with Crippen LogP contribution in [-0.2, 0) is 15.0 Å². The fourth-order valence-electron chi connectivity index (χ4n) is 6.35. The zero-order chi connectivity index (χ0) is 28.6. The van der Waals surface area contributed by atoms with Gasteiger partial charge in [0.25, 0.3) is 5.91 Å². The van der Waals surface area contributed by atoms with Crippen molar-refractivity contribution in [3.63, 3.8) is 0 Å². The Labute approximate surface area is 236 Å². The Balaban J connectivity index is 1.66. The van der Waals surface area contributed by atoms with Crippen LogP contribution in [0.5, 0.6) is 0 Å². The minimum Gasteiger partial charge on any atom is -0.395 e. The van der Waals surface area contributed by atoms with E-state index in [2.05, 4.69) is 10.8 Å². The maximum Gasteiger partial charge on any atom is 0.303 e. The molecule has 3 aliphatic carbocycles. The predicted octanol–water partition coefficient (Wildman–Crippen LogP) is 4.05. The molecule has 0 heterocycles. The van der Waals surface area contributed by atoms with E-state index in [1.807, 2.05) is 36.4 Å². The average molecular weight is 564 g/mol. The van der Waals surface area contributed by atoms with Gasteiger partial charge in [-0.15, -0.1) is 0 Å². The number of aliphatic hydroxyl groups excluding tert-OH is 1. The van der Waals surface area contributed by atoms with E-state index < -0.39 is 16.1 Å². The van der Waals surface area contributed by atoms with Gasteiger partial charge in [0, 0.05) is 44.7 Å². The summed E-state index contributed by atoms with van der Waals surface area (Å²) in [5, 5.41) is 9.43. The van der Waals surface area contributed by atoms with Crippen LogP contribution >= 0.6 is 0 Å². The van der Waals surface area contributed by atoms with Gasteiger partial charge < -0.3 is 10.0 Å². The van der Waals surface area contributed by atoms with E-state index in [1.165, 1.54) is 31.7 Å². The van der Waals surface area contributed by atoms with Gasteiger partial charge in [0.2, 0.25) is 5.91 Å². The third kappa shape index (κ3) is 5.25. The van der Waals surface area contributed by atoms with E-state index >= 15 is 0 Å². The number of nitrogens with one attached hydrogen (secondary N) is 1. The Morgan fingerprint density at radius 3 is 2.40 bits per heavy atom. The quantitative estimate of drug-likeness (QED) is 0.529. The molecule has 3 aliphatic rings. The number of hydrogen-bond donors (Lipinski definition) is 2. The summed E-state index contributed by atoms with van der Waals surface area (Å²) in [5.74, 6) is -0.532. The van der Waals surface area contributed by atoms with Crippen molar-refractivity contribution >= 4 is 39.2 Å². The molecular weight excluding hydrogens is 526 g/mol. The molecule has 2 N–H and O–H groups in total. The SMILES string of the molecule is CN(CCO)C(=O)C1=Cc2ccccc2C2=C(C3CCCCC3)c3cc(C(=O)NS(=O)(=O)N(C)C)ccc3C2C1. The van der Waals surface area contributed by atoms with Crippen LogP contribution in [-0.4, -0.2) is 68.8 Å². The molecule has 0 spiro atoms. The lowest BCUT2D eigenvalue weighted by molar-refractivity contribution is -0.126. The van der Waals surface area contributed by atoms with Crippen LogP contribution in [0.3, 0.4) is 0 Å². The normalized spacial score (nSPS) is 18.9. The Bertz CT molecular complexity index is 1500. The van der Waals surface area contributed by atoms with Crippen molar-refractivity contribution in [2.24, 2.45) is 5.92 Å². The number of aliphatic hydroxyl groups is 1. The van der Waals surface area contributed by atoms with Crippen molar-refractivity contribution < 1.29 is 23.1 Å². The summed E-state index contributed by atoms with van der Waals surface area (Å²) in [6.45, 7) is 0.146. The Kier molecular flexibility index (Phi) is 7.99. The number of nitrogens with zero attached hydrogens (tertiary/aromatic N) is 2. The topological polar surface area (TPSA) is 107 Å². The number of benzene rings is 2. The van der Waals surface area contributed by atoms with Gasteiger partial charge in [0.1, 0.15) is 0 Å². The lowest BCUT2D eigenvalue weighted by Gasteiger charge is -2.26. The van der Waals surface area contributed by atoms with Gasteiger partial charge in [0.05, 0.1) is 6.61 Å². The van der Waals surface area contributed by atoms with Gasteiger partial charge in [0.15, 0.2) is 0 Å². The molecule has 0 bridgehead atoms. The van der Waals surface area contributed by atoms with Gasteiger partial charge in [-0.1, -0.05) is 49.6 Å². The molecule has 0 saturated heterocycles. The Hall–Kier alpha value is -3.27. The number of allylic oxidation sites excluding steroid dienone is 2. The third-order valence-electron chi connectivity index (χ3n) is 8.40. The molecule has 0 radical (unpaired) electrons. The van der Waals surface area contributed by atoms with Crippen molar-refractivity contribution in [1.29, 1.82) is 0 Å². The maximum atomic E-state index is 13.5. The zero-order valence-electron chi connectivity index (χ0n) is 23.3. The van der Waals surface area contributed by atoms with Crippen LogP contribution in [0.25, 0.3) is 17.2 Å². The maximum absolute atomic E-state index is 13.5. The first-order valence-electron chi connectivity index (χ1n) is 13.9. The lowest BCUT2D eigenvalue weighted by Crippen LogP contribution is -2.39. The Morgan fingerprint density at radius 2 is 1.70 bits per heavy atom. The summed E-state index contributed by atoms with van der Waals surface area (Å²) in [7, 11) is 0.518. The van der Waals surface area contributed by atoms with Gasteiger partial charge >= 0.3 is 10.2 Å². The summed E-state index contributed by atoms with van der Waals surface area (Å²) in [6, 6.07) is 13.6. The molecule has 1 unspecified atom stereocenters. The van der Waals surface area contributed by atoms with Gasteiger partial charge in [-0.3, -0.25) is 9.59 Å². The zero-order valence-corrected chi connectivity index (χ0v) is 24.1. The molecule has 1 saturated carbocycles. The van der Waals surface area contributed by atoms with Crippen LogP contribution in [0, 0.1) is 5.92 Å². The standard InChI is InChI=1S/C31H37N3O5S/c1-33(2)40(38,39)32-30(36)22-13-14-25-26(18-22)28(20-9-5-4-6-10-20)29-24-12-8-7-11-21(24)17-23(19-27(25)29)31(37)34(3)15-16-35/h7-8,11-14,17-18,20,27,35H,4-6,9-10,15-16,19H2,1-3H3,(H,32,36). The third-order valence-corrected chi connectivity index (χ3v) is 9.80. The molecule has 40 heavy (non-hydrogen) atoms.